The predicted molar refractivity (Wildman–Crippen MR) is 142 cm³/mol. The van der Waals surface area contributed by atoms with E-state index in [2.05, 4.69) is 54.9 Å². The lowest BCUT2D eigenvalue weighted by Gasteiger charge is -2.50. The van der Waals surface area contributed by atoms with Crippen molar-refractivity contribution in [3.05, 3.63) is 51.9 Å². The highest BCUT2D eigenvalue weighted by molar-refractivity contribution is 5.84. The molecular formula is C29H44N4O2. The van der Waals surface area contributed by atoms with Crippen LogP contribution in [0.1, 0.15) is 65.7 Å². The first kappa shape index (κ1) is 24.9. The second-order valence-electron chi connectivity index (χ2n) is 11.7. The van der Waals surface area contributed by atoms with Crippen LogP contribution >= 0.6 is 0 Å². The lowest BCUT2D eigenvalue weighted by atomic mass is 9.87. The van der Waals surface area contributed by atoms with Gasteiger partial charge in [-0.2, -0.15) is 0 Å². The molecule has 2 aliphatic heterocycles. The topological polar surface area (TPSA) is 62.1 Å². The summed E-state index contributed by atoms with van der Waals surface area (Å²) in [5, 5.41) is 24.4. The van der Waals surface area contributed by atoms with Crippen LogP contribution in [0.2, 0.25) is 0 Å². The van der Waals surface area contributed by atoms with Crippen LogP contribution in [-0.4, -0.2) is 76.9 Å². The highest BCUT2D eigenvalue weighted by Crippen LogP contribution is 2.34. The van der Waals surface area contributed by atoms with Crippen LogP contribution in [0.15, 0.2) is 51.7 Å². The summed E-state index contributed by atoms with van der Waals surface area (Å²) in [6, 6.07) is 0.292. The molecule has 2 fully saturated rings. The number of piperazine rings is 1. The van der Waals surface area contributed by atoms with Gasteiger partial charge < -0.3 is 19.9 Å². The number of rotatable bonds is 6. The van der Waals surface area contributed by atoms with E-state index in [0.717, 1.165) is 49.3 Å². The van der Waals surface area contributed by atoms with Crippen molar-refractivity contribution in [3.63, 3.8) is 0 Å². The molecule has 0 aromatic heterocycles. The Labute approximate surface area is 211 Å². The average molecular weight is 481 g/mol. The second-order valence-corrected chi connectivity index (χ2v) is 11.7. The molecule has 2 heterocycles. The molecule has 3 unspecified atom stereocenters. The minimum Gasteiger partial charge on any atom is -0.632 e. The van der Waals surface area contributed by atoms with E-state index in [0.29, 0.717) is 50.6 Å². The molecule has 0 aromatic rings. The monoisotopic (exact) mass is 480 g/mol. The molecule has 1 saturated heterocycles. The summed E-state index contributed by atoms with van der Waals surface area (Å²) in [6.45, 7) is 10.6. The largest absolute Gasteiger partial charge is 0.632 e. The van der Waals surface area contributed by atoms with Crippen molar-refractivity contribution < 1.29 is 9.75 Å². The molecule has 6 heteroatoms. The maximum Gasteiger partial charge on any atom is 0.110 e. The molecule has 1 N–H and O–H groups in total. The molecule has 0 radical (unpaired) electrons. The Morgan fingerprint density at radius 2 is 1.83 bits per heavy atom. The maximum absolute atomic E-state index is 13.6. The highest BCUT2D eigenvalue weighted by atomic mass is 16.5. The molecule has 6 nitrogen and oxygen atoms in total. The fourth-order valence-corrected chi connectivity index (χ4v) is 6.67. The van der Waals surface area contributed by atoms with Crippen LogP contribution in [-0.2, 0) is 0 Å². The van der Waals surface area contributed by atoms with E-state index in [1.807, 2.05) is 0 Å². The first-order chi connectivity index (χ1) is 16.8. The van der Waals surface area contributed by atoms with Gasteiger partial charge in [-0.05, 0) is 63.0 Å². The zero-order valence-electron chi connectivity index (χ0n) is 22.0. The van der Waals surface area contributed by atoms with Crippen LogP contribution in [0.3, 0.4) is 0 Å². The van der Waals surface area contributed by atoms with Crippen molar-refractivity contribution in [2.45, 2.75) is 78.0 Å². The van der Waals surface area contributed by atoms with Gasteiger partial charge in [0.1, 0.15) is 18.6 Å². The van der Waals surface area contributed by atoms with Crippen LogP contribution in [0.4, 0.5) is 0 Å². The fourth-order valence-electron chi connectivity index (χ4n) is 6.67. The molecule has 5 aliphatic rings. The molecule has 0 amide bonds. The Bertz CT molecular complexity index is 948. The van der Waals surface area contributed by atoms with E-state index in [1.165, 1.54) is 30.4 Å². The Kier molecular flexibility index (Phi) is 7.36. The number of amidine groups is 1. The summed E-state index contributed by atoms with van der Waals surface area (Å²) >= 11 is 0. The van der Waals surface area contributed by atoms with Gasteiger partial charge in [0, 0.05) is 12.1 Å². The van der Waals surface area contributed by atoms with Crippen molar-refractivity contribution in [2.24, 2.45) is 16.8 Å². The van der Waals surface area contributed by atoms with Gasteiger partial charge in [-0.3, -0.25) is 4.90 Å². The normalized spacial score (nSPS) is 30.7. The molecule has 35 heavy (non-hydrogen) atoms. The fraction of sp³-hybridized carbons (Fsp3) is 0.690. The zero-order chi connectivity index (χ0) is 24.6. The molecule has 3 aliphatic carbocycles. The van der Waals surface area contributed by atoms with Crippen LogP contribution in [0, 0.1) is 17.0 Å². The number of aliphatic hydroxyl groups excluding tert-OH is 1. The first-order valence-corrected chi connectivity index (χ1v) is 13.9. The Hall–Kier alpha value is -1.73. The van der Waals surface area contributed by atoms with Crippen molar-refractivity contribution in [1.29, 1.82) is 0 Å². The quantitative estimate of drug-likeness (QED) is 0.440. The van der Waals surface area contributed by atoms with E-state index in [1.54, 1.807) is 0 Å². The summed E-state index contributed by atoms with van der Waals surface area (Å²) in [5.41, 5.74) is 5.11. The van der Waals surface area contributed by atoms with E-state index in [-0.39, 0.29) is 10.9 Å². The van der Waals surface area contributed by atoms with Crippen molar-refractivity contribution >= 4 is 5.84 Å². The molecule has 192 valence electrons. The molecule has 5 rings (SSSR count). The number of fused-ring (bicyclic) bond motifs is 1. The molecule has 1 saturated carbocycles. The molecular weight excluding hydrogens is 436 g/mol. The molecule has 3 atom stereocenters. The van der Waals surface area contributed by atoms with Crippen molar-refractivity contribution in [2.75, 3.05) is 39.3 Å². The number of hydrogen-bond acceptors (Lipinski definition) is 5. The van der Waals surface area contributed by atoms with Gasteiger partial charge in [0.2, 0.25) is 0 Å². The average Bonchev–Trinajstić information content (AvgIpc) is 3.16. The smallest absolute Gasteiger partial charge is 0.110 e. The number of hydrogen-bond donors (Lipinski definition) is 1. The summed E-state index contributed by atoms with van der Waals surface area (Å²) in [4.78, 5) is 9.54. The minimum absolute atomic E-state index is 0.184. The summed E-state index contributed by atoms with van der Waals surface area (Å²) in [5.74, 6) is 2.05. The highest BCUT2D eigenvalue weighted by Gasteiger charge is 2.36. The Morgan fingerprint density at radius 3 is 2.57 bits per heavy atom. The van der Waals surface area contributed by atoms with Crippen LogP contribution < -0.4 is 0 Å². The summed E-state index contributed by atoms with van der Waals surface area (Å²) in [6.07, 6.45) is 16.8. The van der Waals surface area contributed by atoms with Gasteiger partial charge >= 0.3 is 0 Å². The Balaban J connectivity index is 1.17. The number of nitrogens with zero attached hydrogens (tertiary/aromatic N) is 4. The third-order valence-electron chi connectivity index (χ3n) is 9.06. The van der Waals surface area contributed by atoms with Gasteiger partial charge in [0.05, 0.1) is 37.9 Å². The zero-order valence-corrected chi connectivity index (χ0v) is 22.0. The second kappa shape index (κ2) is 10.3. The van der Waals surface area contributed by atoms with Crippen LogP contribution in [0.5, 0.6) is 0 Å². The third-order valence-corrected chi connectivity index (χ3v) is 9.06. The van der Waals surface area contributed by atoms with E-state index in [4.69, 9.17) is 4.99 Å². The first-order valence-electron chi connectivity index (χ1n) is 13.9. The summed E-state index contributed by atoms with van der Waals surface area (Å²) in [7, 11) is 0. The third kappa shape index (κ3) is 5.51. The number of hydroxylamine groups is 3. The minimum atomic E-state index is -0.371. The standard InChI is InChI=1S/C29H44N4O2/c1-21-9-10-22(2)26(17-21)19-32-23(3)30-27-18-24(11-12-28(27)32)20-33(35)15-13-31(14-16-33)29(34)25-7-5-4-6-8-25/h9,11,17-18,22,25,28-29,34H,4-8,10,12-16,19-20H2,1-3H3. The van der Waals surface area contributed by atoms with E-state index in [9.17, 15) is 10.3 Å². The van der Waals surface area contributed by atoms with E-state index < -0.39 is 0 Å². The van der Waals surface area contributed by atoms with Crippen molar-refractivity contribution in [1.82, 2.24) is 9.80 Å². The van der Waals surface area contributed by atoms with Gasteiger partial charge in [-0.25, -0.2) is 4.99 Å². The number of quaternary nitrogens is 1. The molecule has 0 bridgehead atoms. The predicted octanol–water partition coefficient (Wildman–Crippen LogP) is 4.74. The number of aliphatic hydroxyl groups is 1. The lowest BCUT2D eigenvalue weighted by Crippen LogP contribution is -2.59. The van der Waals surface area contributed by atoms with Gasteiger partial charge in [0.25, 0.3) is 0 Å². The van der Waals surface area contributed by atoms with Gasteiger partial charge in [-0.1, -0.05) is 50.0 Å². The van der Waals surface area contributed by atoms with Gasteiger partial charge in [-0.15, -0.1) is 0 Å². The number of allylic oxidation sites excluding steroid dienone is 3. The lowest BCUT2D eigenvalue weighted by molar-refractivity contribution is -0.880. The molecule has 0 aromatic carbocycles. The Morgan fingerprint density at radius 1 is 1.09 bits per heavy atom. The van der Waals surface area contributed by atoms with E-state index >= 15 is 0 Å². The maximum atomic E-state index is 13.6. The molecule has 0 spiro atoms. The van der Waals surface area contributed by atoms with Crippen molar-refractivity contribution in [3.8, 4) is 0 Å². The summed E-state index contributed by atoms with van der Waals surface area (Å²) < 4.78 is -0.184. The SMILES string of the molecule is CC1=CCC(C)C(CN2C(C)=NC3=CC(C[N+]4([O-])CCN(C(O)C5CCCCC5)CC4)=CCC32)=C1. The van der Waals surface area contributed by atoms with Crippen LogP contribution in [0.25, 0.3) is 0 Å². The number of aliphatic imine (C=N–C) groups is 1. The van der Waals surface area contributed by atoms with Gasteiger partial charge in [0.15, 0.2) is 0 Å².